The third kappa shape index (κ3) is 2.53. The highest BCUT2D eigenvalue weighted by molar-refractivity contribution is 6.32. The van der Waals surface area contributed by atoms with Crippen molar-refractivity contribution in [1.29, 1.82) is 5.26 Å². The van der Waals surface area contributed by atoms with E-state index in [2.05, 4.69) is 16.2 Å². The summed E-state index contributed by atoms with van der Waals surface area (Å²) in [6.07, 6.45) is 0. The summed E-state index contributed by atoms with van der Waals surface area (Å²) in [5.74, 6) is 0.279. The van der Waals surface area contributed by atoms with E-state index in [1.54, 1.807) is 12.1 Å². The molecule has 122 valence electrons. The first-order valence-corrected chi connectivity index (χ1v) is 7.87. The Kier molecular flexibility index (Phi) is 3.81. The Bertz CT molecular complexity index is 976. The summed E-state index contributed by atoms with van der Waals surface area (Å²) in [6, 6.07) is 8.20. The number of benzene rings is 1. The van der Waals surface area contributed by atoms with E-state index in [0.29, 0.717) is 33.3 Å². The van der Waals surface area contributed by atoms with Gasteiger partial charge in [-0.3, -0.25) is 0 Å². The highest BCUT2D eigenvalue weighted by Gasteiger charge is 2.25. The maximum Gasteiger partial charge on any atom is 0.175 e. The predicted molar refractivity (Wildman–Crippen MR) is 91.5 cm³/mol. The number of nitrogens with zero attached hydrogens (tertiary/aromatic N) is 4. The summed E-state index contributed by atoms with van der Waals surface area (Å²) in [5, 5.41) is 14.4. The topological polar surface area (TPSA) is 54.0 Å². The summed E-state index contributed by atoms with van der Waals surface area (Å²) >= 11 is 6.57. The van der Waals surface area contributed by atoms with Crippen LogP contribution in [0.5, 0.6) is 0 Å². The summed E-state index contributed by atoms with van der Waals surface area (Å²) < 4.78 is 14.7. The first kappa shape index (κ1) is 16.4. The summed E-state index contributed by atoms with van der Waals surface area (Å²) in [6.45, 7) is 7.80. The Hall–Kier alpha value is -2.45. The first-order chi connectivity index (χ1) is 11.2. The van der Waals surface area contributed by atoms with E-state index in [-0.39, 0.29) is 11.2 Å². The minimum absolute atomic E-state index is 0.272. The van der Waals surface area contributed by atoms with Gasteiger partial charge in [-0.15, -0.1) is 5.10 Å². The Balaban J connectivity index is 2.40. The fourth-order valence-corrected chi connectivity index (χ4v) is 2.94. The fraction of sp³-hybridized carbons (Fsp3) is 0.278. The highest BCUT2D eigenvalue weighted by atomic mass is 35.5. The fourth-order valence-electron chi connectivity index (χ4n) is 2.57. The quantitative estimate of drug-likeness (QED) is 0.604. The van der Waals surface area contributed by atoms with Crippen molar-refractivity contribution >= 4 is 17.2 Å². The van der Waals surface area contributed by atoms with Crippen LogP contribution in [0.3, 0.4) is 0 Å². The highest BCUT2D eigenvalue weighted by Crippen LogP contribution is 2.35. The van der Waals surface area contributed by atoms with Gasteiger partial charge in [-0.05, 0) is 30.2 Å². The third-order valence-corrected chi connectivity index (χ3v) is 4.24. The molecule has 24 heavy (non-hydrogen) atoms. The minimum atomic E-state index is -0.329. The molecule has 2 heterocycles. The molecule has 6 heteroatoms. The number of nitriles is 1. The second kappa shape index (κ2) is 5.57. The zero-order chi connectivity index (χ0) is 17.6. The maximum absolute atomic E-state index is 13.2. The first-order valence-electron chi connectivity index (χ1n) is 7.49. The number of halogens is 2. The average molecular weight is 343 g/mol. The molecule has 0 radical (unpaired) electrons. The zero-order valence-electron chi connectivity index (χ0n) is 13.9. The van der Waals surface area contributed by atoms with Gasteiger partial charge in [0.15, 0.2) is 11.5 Å². The molecular formula is C18H16ClFN4. The normalized spacial score (nSPS) is 11.7. The van der Waals surface area contributed by atoms with Gasteiger partial charge in [0.2, 0.25) is 0 Å². The van der Waals surface area contributed by atoms with Gasteiger partial charge in [0.1, 0.15) is 22.6 Å². The van der Waals surface area contributed by atoms with E-state index in [0.717, 1.165) is 5.56 Å². The number of pyridine rings is 1. The number of aromatic nitrogens is 3. The van der Waals surface area contributed by atoms with Crippen LogP contribution in [0.15, 0.2) is 24.3 Å². The number of hydrogen-bond acceptors (Lipinski definition) is 3. The molecule has 0 aliphatic carbocycles. The van der Waals surface area contributed by atoms with E-state index < -0.39 is 0 Å². The van der Waals surface area contributed by atoms with Crippen LogP contribution in [0.2, 0.25) is 5.15 Å². The molecule has 3 rings (SSSR count). The van der Waals surface area contributed by atoms with E-state index in [4.69, 9.17) is 11.6 Å². The summed E-state index contributed by atoms with van der Waals surface area (Å²) in [4.78, 5) is 4.51. The lowest BCUT2D eigenvalue weighted by Gasteiger charge is -2.12. The van der Waals surface area contributed by atoms with Crippen molar-refractivity contribution in [1.82, 2.24) is 14.6 Å². The van der Waals surface area contributed by atoms with E-state index >= 15 is 0 Å². The second-order valence-electron chi connectivity index (χ2n) is 6.71. The summed E-state index contributed by atoms with van der Waals surface area (Å²) in [7, 11) is 0. The van der Waals surface area contributed by atoms with Crippen LogP contribution in [-0.4, -0.2) is 14.6 Å². The lowest BCUT2D eigenvalue weighted by Crippen LogP contribution is -2.13. The molecule has 0 saturated carbocycles. The largest absolute Gasteiger partial charge is 0.210 e. The molecule has 0 saturated heterocycles. The lowest BCUT2D eigenvalue weighted by molar-refractivity contribution is 0.545. The van der Waals surface area contributed by atoms with Gasteiger partial charge in [0.25, 0.3) is 0 Å². The standard InChI is InChI=1S/C18H16ClFN4/c1-10-13(9-21)16-22-17(18(2,3)4)23-24(16)15(19)14(10)11-5-7-12(20)8-6-11/h5-8H,1-4H3. The van der Waals surface area contributed by atoms with Crippen LogP contribution in [-0.2, 0) is 5.41 Å². The van der Waals surface area contributed by atoms with E-state index in [1.807, 2.05) is 27.7 Å². The monoisotopic (exact) mass is 342 g/mol. The predicted octanol–water partition coefficient (Wildman–Crippen LogP) is 4.67. The van der Waals surface area contributed by atoms with Gasteiger partial charge in [-0.1, -0.05) is 44.5 Å². The van der Waals surface area contributed by atoms with Crippen molar-refractivity contribution < 1.29 is 4.39 Å². The molecule has 0 atom stereocenters. The van der Waals surface area contributed by atoms with Gasteiger partial charge in [-0.2, -0.15) is 5.26 Å². The lowest BCUT2D eigenvalue weighted by atomic mass is 9.96. The SMILES string of the molecule is Cc1c(-c2ccc(F)cc2)c(Cl)n2nc(C(C)(C)C)nc2c1C#N. The second-order valence-corrected chi connectivity index (χ2v) is 7.06. The Morgan fingerprint density at radius 3 is 2.38 bits per heavy atom. The molecule has 1 aromatic carbocycles. The van der Waals surface area contributed by atoms with Crippen LogP contribution in [0.1, 0.15) is 37.7 Å². The van der Waals surface area contributed by atoms with Crippen LogP contribution >= 0.6 is 11.6 Å². The van der Waals surface area contributed by atoms with Gasteiger partial charge in [0, 0.05) is 11.0 Å². The smallest absolute Gasteiger partial charge is 0.175 e. The maximum atomic E-state index is 13.2. The molecule has 0 spiro atoms. The summed E-state index contributed by atoms with van der Waals surface area (Å²) in [5.41, 5.74) is 2.68. The van der Waals surface area contributed by atoms with Gasteiger partial charge in [-0.25, -0.2) is 13.9 Å². The van der Waals surface area contributed by atoms with Gasteiger partial charge >= 0.3 is 0 Å². The van der Waals surface area contributed by atoms with Crippen LogP contribution in [0, 0.1) is 24.1 Å². The van der Waals surface area contributed by atoms with E-state index in [1.165, 1.54) is 16.6 Å². The molecule has 0 unspecified atom stereocenters. The van der Waals surface area contributed by atoms with Crippen LogP contribution in [0.25, 0.3) is 16.8 Å². The van der Waals surface area contributed by atoms with Crippen LogP contribution in [0.4, 0.5) is 4.39 Å². The van der Waals surface area contributed by atoms with Crippen molar-refractivity contribution in [3.05, 3.63) is 52.2 Å². The van der Waals surface area contributed by atoms with Gasteiger partial charge < -0.3 is 0 Å². The molecule has 0 bridgehead atoms. The van der Waals surface area contributed by atoms with Crippen molar-refractivity contribution in [3.63, 3.8) is 0 Å². The Labute approximate surface area is 144 Å². The molecule has 0 aliphatic rings. The van der Waals surface area contributed by atoms with Crippen molar-refractivity contribution in [2.24, 2.45) is 0 Å². The molecule has 4 nitrogen and oxygen atoms in total. The van der Waals surface area contributed by atoms with Crippen LogP contribution < -0.4 is 0 Å². The number of hydrogen-bond donors (Lipinski definition) is 0. The van der Waals surface area contributed by atoms with Crippen molar-refractivity contribution in [3.8, 4) is 17.2 Å². The van der Waals surface area contributed by atoms with Crippen molar-refractivity contribution in [2.45, 2.75) is 33.1 Å². The molecule has 0 fully saturated rings. The molecule has 3 aromatic rings. The molecule has 0 aliphatic heterocycles. The minimum Gasteiger partial charge on any atom is -0.210 e. The zero-order valence-corrected chi connectivity index (χ0v) is 14.6. The molecule has 0 N–H and O–H groups in total. The number of fused-ring (bicyclic) bond motifs is 1. The van der Waals surface area contributed by atoms with Gasteiger partial charge in [0.05, 0.1) is 0 Å². The van der Waals surface area contributed by atoms with E-state index in [9.17, 15) is 9.65 Å². The Morgan fingerprint density at radius 1 is 1.21 bits per heavy atom. The molecule has 2 aromatic heterocycles. The molecule has 0 amide bonds. The number of rotatable bonds is 1. The molecular weight excluding hydrogens is 327 g/mol. The Morgan fingerprint density at radius 2 is 1.83 bits per heavy atom. The average Bonchev–Trinajstić information content (AvgIpc) is 2.95. The third-order valence-electron chi connectivity index (χ3n) is 3.89. The van der Waals surface area contributed by atoms with Crippen molar-refractivity contribution in [2.75, 3.05) is 0 Å².